The van der Waals surface area contributed by atoms with E-state index in [4.69, 9.17) is 0 Å². The van der Waals surface area contributed by atoms with Gasteiger partial charge in [-0.3, -0.25) is 9.30 Å². The molecule has 3 heterocycles. The lowest BCUT2D eigenvalue weighted by molar-refractivity contribution is 0.326. The minimum atomic E-state index is 1.00. The molecular weight excluding hydrogens is 266 g/mol. The van der Waals surface area contributed by atoms with Crippen molar-refractivity contribution in [2.45, 2.75) is 19.4 Å². The Hall–Kier alpha value is -0.870. The predicted octanol–water partition coefficient (Wildman–Crippen LogP) is 2.69. The van der Waals surface area contributed by atoms with Gasteiger partial charge in [0.1, 0.15) is 5.65 Å². The summed E-state index contributed by atoms with van der Waals surface area (Å²) in [5, 5.41) is 0. The summed E-state index contributed by atoms with van der Waals surface area (Å²) < 4.78 is 3.26. The van der Waals surface area contributed by atoms with Gasteiger partial charge < -0.3 is 0 Å². The third-order valence-corrected chi connectivity index (χ3v) is 3.76. The fourth-order valence-corrected chi connectivity index (χ4v) is 2.90. The molecule has 4 heteroatoms. The molecule has 0 unspecified atom stereocenters. The summed E-state index contributed by atoms with van der Waals surface area (Å²) in [6.45, 7) is 3.44. The summed E-state index contributed by atoms with van der Waals surface area (Å²) in [7, 11) is 0. The third kappa shape index (κ3) is 1.76. The van der Waals surface area contributed by atoms with E-state index in [1.165, 1.54) is 31.6 Å². The van der Waals surface area contributed by atoms with Crippen LogP contribution in [0.2, 0.25) is 0 Å². The van der Waals surface area contributed by atoms with E-state index in [-0.39, 0.29) is 0 Å². The van der Waals surface area contributed by atoms with Crippen molar-refractivity contribution in [3.05, 3.63) is 34.7 Å². The van der Waals surface area contributed by atoms with Crippen LogP contribution in [0.25, 0.3) is 5.65 Å². The van der Waals surface area contributed by atoms with Gasteiger partial charge in [0.15, 0.2) is 0 Å². The van der Waals surface area contributed by atoms with E-state index in [0.717, 1.165) is 16.8 Å². The van der Waals surface area contributed by atoms with Gasteiger partial charge in [-0.2, -0.15) is 0 Å². The standard InChI is InChI=1S/C12H14BrN3/c13-11-4-3-5-12-14-8-10(16(11)12)9-15-6-1-2-7-15/h3-5,8H,1-2,6-7,9H2. The van der Waals surface area contributed by atoms with Crippen LogP contribution in [0.15, 0.2) is 29.0 Å². The van der Waals surface area contributed by atoms with Crippen molar-refractivity contribution >= 4 is 21.6 Å². The summed E-state index contributed by atoms with van der Waals surface area (Å²) in [5.74, 6) is 0. The zero-order valence-electron chi connectivity index (χ0n) is 9.06. The zero-order valence-corrected chi connectivity index (χ0v) is 10.7. The Morgan fingerprint density at radius 1 is 1.25 bits per heavy atom. The number of halogens is 1. The van der Waals surface area contributed by atoms with E-state index in [9.17, 15) is 0 Å². The van der Waals surface area contributed by atoms with Gasteiger partial charge in [0.05, 0.1) is 16.5 Å². The van der Waals surface area contributed by atoms with Crippen LogP contribution >= 0.6 is 15.9 Å². The molecule has 0 bridgehead atoms. The van der Waals surface area contributed by atoms with Gasteiger partial charge in [0.2, 0.25) is 0 Å². The maximum absolute atomic E-state index is 4.43. The number of hydrogen-bond acceptors (Lipinski definition) is 2. The second kappa shape index (κ2) is 4.18. The van der Waals surface area contributed by atoms with E-state index in [1.54, 1.807) is 0 Å². The fraction of sp³-hybridized carbons (Fsp3) is 0.417. The van der Waals surface area contributed by atoms with Gasteiger partial charge in [-0.1, -0.05) is 6.07 Å². The first-order valence-electron chi connectivity index (χ1n) is 5.68. The summed E-state index contributed by atoms with van der Waals surface area (Å²) in [5.41, 5.74) is 2.29. The Balaban J connectivity index is 1.97. The maximum atomic E-state index is 4.43. The average molecular weight is 280 g/mol. The normalized spacial score (nSPS) is 17.3. The molecule has 0 amide bonds. The monoisotopic (exact) mass is 279 g/mol. The van der Waals surface area contributed by atoms with Crippen LogP contribution in [0.5, 0.6) is 0 Å². The molecule has 1 aliphatic heterocycles. The highest BCUT2D eigenvalue weighted by atomic mass is 79.9. The van der Waals surface area contributed by atoms with Crippen molar-refractivity contribution in [2.75, 3.05) is 13.1 Å². The number of rotatable bonds is 2. The van der Waals surface area contributed by atoms with Gasteiger partial charge in [-0.15, -0.1) is 0 Å². The second-order valence-corrected chi connectivity index (χ2v) is 5.09. The fourth-order valence-electron chi connectivity index (χ4n) is 2.34. The molecular formula is C12H14BrN3. The van der Waals surface area contributed by atoms with Crippen molar-refractivity contribution in [1.29, 1.82) is 0 Å². The molecule has 0 atom stereocenters. The van der Waals surface area contributed by atoms with Gasteiger partial charge in [0.25, 0.3) is 0 Å². The maximum Gasteiger partial charge on any atom is 0.137 e. The highest BCUT2D eigenvalue weighted by molar-refractivity contribution is 9.10. The lowest BCUT2D eigenvalue weighted by Crippen LogP contribution is -2.19. The molecule has 0 radical (unpaired) electrons. The molecule has 0 spiro atoms. The molecule has 84 valence electrons. The number of nitrogens with zero attached hydrogens (tertiary/aromatic N) is 3. The van der Waals surface area contributed by atoms with Crippen molar-refractivity contribution in [1.82, 2.24) is 14.3 Å². The summed E-state index contributed by atoms with van der Waals surface area (Å²) in [4.78, 5) is 6.92. The van der Waals surface area contributed by atoms with Crippen molar-refractivity contribution in [2.24, 2.45) is 0 Å². The Bertz CT molecular complexity index is 500. The molecule has 0 N–H and O–H groups in total. The van der Waals surface area contributed by atoms with Gasteiger partial charge in [0, 0.05) is 6.54 Å². The van der Waals surface area contributed by atoms with Crippen molar-refractivity contribution < 1.29 is 0 Å². The topological polar surface area (TPSA) is 20.5 Å². The average Bonchev–Trinajstić information content (AvgIpc) is 2.90. The molecule has 16 heavy (non-hydrogen) atoms. The minimum absolute atomic E-state index is 1.00. The van der Waals surface area contributed by atoms with Gasteiger partial charge >= 0.3 is 0 Å². The first kappa shape index (κ1) is 10.3. The number of imidazole rings is 1. The first-order chi connectivity index (χ1) is 7.84. The quantitative estimate of drug-likeness (QED) is 0.788. The van der Waals surface area contributed by atoms with E-state index >= 15 is 0 Å². The van der Waals surface area contributed by atoms with E-state index in [2.05, 4.69) is 36.3 Å². The highest BCUT2D eigenvalue weighted by Gasteiger charge is 2.14. The number of fused-ring (bicyclic) bond motifs is 1. The predicted molar refractivity (Wildman–Crippen MR) is 67.4 cm³/mol. The number of aromatic nitrogens is 2. The van der Waals surface area contributed by atoms with Crippen LogP contribution in [0.4, 0.5) is 0 Å². The van der Waals surface area contributed by atoms with E-state index < -0.39 is 0 Å². The molecule has 1 saturated heterocycles. The number of likely N-dealkylation sites (tertiary alicyclic amines) is 1. The molecule has 2 aromatic heterocycles. The molecule has 3 nitrogen and oxygen atoms in total. The van der Waals surface area contributed by atoms with Crippen molar-refractivity contribution in [3.63, 3.8) is 0 Å². The third-order valence-electron chi connectivity index (χ3n) is 3.14. The second-order valence-electron chi connectivity index (χ2n) is 4.27. The summed E-state index contributed by atoms with van der Waals surface area (Å²) >= 11 is 3.58. The Morgan fingerprint density at radius 2 is 2.06 bits per heavy atom. The van der Waals surface area contributed by atoms with Crippen LogP contribution < -0.4 is 0 Å². The van der Waals surface area contributed by atoms with E-state index in [0.29, 0.717) is 0 Å². The van der Waals surface area contributed by atoms with Crippen LogP contribution in [0.1, 0.15) is 18.5 Å². The van der Waals surface area contributed by atoms with Crippen LogP contribution in [0, 0.1) is 0 Å². The molecule has 1 fully saturated rings. The van der Waals surface area contributed by atoms with Gasteiger partial charge in [-0.25, -0.2) is 4.98 Å². The summed E-state index contributed by atoms with van der Waals surface area (Å²) in [6, 6.07) is 6.12. The Kier molecular flexibility index (Phi) is 2.69. The lowest BCUT2D eigenvalue weighted by Gasteiger charge is -2.14. The largest absolute Gasteiger partial charge is 0.298 e. The molecule has 1 aliphatic rings. The Morgan fingerprint density at radius 3 is 2.88 bits per heavy atom. The van der Waals surface area contributed by atoms with Crippen LogP contribution in [0.3, 0.4) is 0 Å². The number of pyridine rings is 1. The van der Waals surface area contributed by atoms with Crippen molar-refractivity contribution in [3.8, 4) is 0 Å². The molecule has 2 aromatic rings. The molecule has 0 saturated carbocycles. The molecule has 3 rings (SSSR count). The smallest absolute Gasteiger partial charge is 0.137 e. The minimum Gasteiger partial charge on any atom is -0.298 e. The molecule has 0 aromatic carbocycles. The lowest BCUT2D eigenvalue weighted by atomic mass is 10.4. The molecule has 0 aliphatic carbocycles. The highest BCUT2D eigenvalue weighted by Crippen LogP contribution is 2.18. The Labute approximate surface area is 103 Å². The zero-order chi connectivity index (χ0) is 11.0. The van der Waals surface area contributed by atoms with Gasteiger partial charge in [-0.05, 0) is 54.0 Å². The first-order valence-corrected chi connectivity index (χ1v) is 6.47. The number of hydrogen-bond donors (Lipinski definition) is 0. The SMILES string of the molecule is Brc1cccc2ncc(CN3CCCC3)n12. The van der Waals surface area contributed by atoms with Crippen LogP contribution in [-0.2, 0) is 6.54 Å². The van der Waals surface area contributed by atoms with E-state index in [1.807, 2.05) is 18.3 Å². The summed E-state index contributed by atoms with van der Waals surface area (Å²) in [6.07, 6.45) is 4.65. The van der Waals surface area contributed by atoms with Crippen LogP contribution in [-0.4, -0.2) is 27.4 Å².